The highest BCUT2D eigenvalue weighted by molar-refractivity contribution is 4.87. The first kappa shape index (κ1) is 10.5. The van der Waals surface area contributed by atoms with E-state index in [1.807, 2.05) is 0 Å². The van der Waals surface area contributed by atoms with Crippen LogP contribution in [0.5, 0.6) is 0 Å². The summed E-state index contributed by atoms with van der Waals surface area (Å²) in [5.41, 5.74) is -2.20. The van der Waals surface area contributed by atoms with Crippen molar-refractivity contribution in [3.8, 4) is 0 Å². The van der Waals surface area contributed by atoms with Gasteiger partial charge < -0.3 is 0 Å². The third-order valence-electron chi connectivity index (χ3n) is 1.41. The van der Waals surface area contributed by atoms with Crippen molar-refractivity contribution in [3.63, 3.8) is 0 Å². The number of rotatable bonds is 5. The van der Waals surface area contributed by atoms with Crippen LogP contribution in [0.4, 0.5) is 0 Å². The SMILES string of the molecule is C=CC[CH]C(C)([N+](=O)[O-])[N+](=O)[O-]. The molecule has 0 saturated heterocycles. The van der Waals surface area contributed by atoms with Gasteiger partial charge in [0.25, 0.3) is 0 Å². The quantitative estimate of drug-likeness (QED) is 0.269. The van der Waals surface area contributed by atoms with E-state index in [1.165, 1.54) is 6.08 Å². The molecule has 0 heterocycles. The second-order valence-electron chi connectivity index (χ2n) is 2.34. The maximum Gasteiger partial charge on any atom is 0.459 e. The van der Waals surface area contributed by atoms with Gasteiger partial charge in [-0.05, 0) is 6.42 Å². The maximum atomic E-state index is 10.3. The fourth-order valence-corrected chi connectivity index (χ4v) is 0.522. The average molecular weight is 173 g/mol. The third kappa shape index (κ3) is 2.01. The van der Waals surface area contributed by atoms with Crippen molar-refractivity contribution in [1.82, 2.24) is 0 Å². The molecule has 12 heavy (non-hydrogen) atoms. The predicted octanol–water partition coefficient (Wildman–Crippen LogP) is 1.04. The Morgan fingerprint density at radius 1 is 1.42 bits per heavy atom. The van der Waals surface area contributed by atoms with Crippen LogP contribution in [0.1, 0.15) is 13.3 Å². The molecule has 6 nitrogen and oxygen atoms in total. The van der Waals surface area contributed by atoms with Gasteiger partial charge in [0.1, 0.15) is 6.42 Å². The van der Waals surface area contributed by atoms with Gasteiger partial charge in [0.2, 0.25) is 0 Å². The number of allylic oxidation sites excluding steroid dienone is 1. The molecule has 0 atom stereocenters. The van der Waals surface area contributed by atoms with E-state index < -0.39 is 15.5 Å². The normalized spacial score (nSPS) is 10.8. The van der Waals surface area contributed by atoms with Crippen LogP contribution in [-0.4, -0.2) is 15.5 Å². The number of hydrogen-bond donors (Lipinski definition) is 0. The van der Waals surface area contributed by atoms with Gasteiger partial charge in [-0.2, -0.15) is 0 Å². The summed E-state index contributed by atoms with van der Waals surface area (Å²) in [6.07, 6.45) is 2.50. The van der Waals surface area contributed by atoms with Gasteiger partial charge >= 0.3 is 5.66 Å². The number of hydrogen-bond acceptors (Lipinski definition) is 4. The topological polar surface area (TPSA) is 86.3 Å². The summed E-state index contributed by atoms with van der Waals surface area (Å²) < 4.78 is 0. The first-order chi connectivity index (χ1) is 5.45. The zero-order valence-electron chi connectivity index (χ0n) is 6.60. The average Bonchev–Trinajstić information content (AvgIpc) is 1.99. The summed E-state index contributed by atoms with van der Waals surface area (Å²) in [4.78, 5) is 18.7. The fourth-order valence-electron chi connectivity index (χ4n) is 0.522. The molecule has 0 aromatic rings. The molecule has 6 heteroatoms. The first-order valence-corrected chi connectivity index (χ1v) is 3.19. The highest BCUT2D eigenvalue weighted by Crippen LogP contribution is 2.15. The van der Waals surface area contributed by atoms with Gasteiger partial charge in [0.15, 0.2) is 0 Å². The number of nitro groups is 2. The van der Waals surface area contributed by atoms with E-state index in [2.05, 4.69) is 6.58 Å². The van der Waals surface area contributed by atoms with Crippen molar-refractivity contribution in [2.45, 2.75) is 19.0 Å². The molecule has 0 spiro atoms. The van der Waals surface area contributed by atoms with Crippen LogP contribution in [-0.2, 0) is 0 Å². The molecule has 0 rings (SSSR count). The van der Waals surface area contributed by atoms with Gasteiger partial charge in [-0.3, -0.25) is 20.2 Å². The smallest absolute Gasteiger partial charge is 0.258 e. The lowest BCUT2D eigenvalue weighted by atomic mass is 10.1. The van der Waals surface area contributed by atoms with Crippen LogP contribution in [0.2, 0.25) is 0 Å². The lowest BCUT2D eigenvalue weighted by Gasteiger charge is -2.09. The Morgan fingerprint density at radius 3 is 2.08 bits per heavy atom. The van der Waals surface area contributed by atoms with Crippen LogP contribution in [0.15, 0.2) is 12.7 Å². The maximum absolute atomic E-state index is 10.3. The minimum Gasteiger partial charge on any atom is -0.258 e. The molecule has 0 saturated carbocycles. The molecule has 0 amide bonds. The summed E-state index contributed by atoms with van der Waals surface area (Å²) in [5, 5.41) is 20.5. The molecular weight excluding hydrogens is 164 g/mol. The van der Waals surface area contributed by atoms with Crippen LogP contribution < -0.4 is 0 Å². The van der Waals surface area contributed by atoms with Gasteiger partial charge in [-0.1, -0.05) is 6.08 Å². The van der Waals surface area contributed by atoms with E-state index in [9.17, 15) is 20.2 Å². The third-order valence-corrected chi connectivity index (χ3v) is 1.41. The Kier molecular flexibility index (Phi) is 3.33. The Morgan fingerprint density at radius 2 is 1.83 bits per heavy atom. The molecule has 0 N–H and O–H groups in total. The largest absolute Gasteiger partial charge is 0.459 e. The molecule has 0 aliphatic carbocycles. The van der Waals surface area contributed by atoms with Crippen molar-refractivity contribution >= 4 is 0 Å². The second kappa shape index (κ2) is 3.80. The summed E-state index contributed by atoms with van der Waals surface area (Å²) in [7, 11) is 0. The predicted molar refractivity (Wildman–Crippen MR) is 41.5 cm³/mol. The Bertz CT molecular complexity index is 200. The van der Waals surface area contributed by atoms with E-state index in [4.69, 9.17) is 0 Å². The fraction of sp³-hybridized carbons (Fsp3) is 0.500. The summed E-state index contributed by atoms with van der Waals surface area (Å²) >= 11 is 0. The van der Waals surface area contributed by atoms with Crippen molar-refractivity contribution in [1.29, 1.82) is 0 Å². The van der Waals surface area contributed by atoms with E-state index in [0.717, 1.165) is 13.3 Å². The molecule has 0 aliphatic rings. The summed E-state index contributed by atoms with van der Waals surface area (Å²) in [6, 6.07) is 0. The molecule has 0 aromatic carbocycles. The van der Waals surface area contributed by atoms with E-state index in [1.54, 1.807) is 0 Å². The highest BCUT2D eigenvalue weighted by Gasteiger charge is 2.49. The molecule has 67 valence electrons. The van der Waals surface area contributed by atoms with Crippen LogP contribution in [0.25, 0.3) is 0 Å². The van der Waals surface area contributed by atoms with Crippen LogP contribution in [0.3, 0.4) is 0 Å². The minimum atomic E-state index is -2.20. The van der Waals surface area contributed by atoms with Crippen LogP contribution in [0, 0.1) is 26.6 Å². The van der Waals surface area contributed by atoms with E-state index in [0.29, 0.717) is 0 Å². The highest BCUT2D eigenvalue weighted by atomic mass is 16.7. The lowest BCUT2D eigenvalue weighted by Crippen LogP contribution is -2.43. The zero-order valence-corrected chi connectivity index (χ0v) is 6.60. The van der Waals surface area contributed by atoms with Crippen LogP contribution >= 0.6 is 0 Å². The Hall–Kier alpha value is -1.46. The summed E-state index contributed by atoms with van der Waals surface area (Å²) in [6.45, 7) is 4.25. The standard InChI is InChI=1S/C6H9N2O4/c1-3-4-5-6(2,7(9)10)8(11)12/h3,5H,1,4H2,2H3. The van der Waals surface area contributed by atoms with Gasteiger partial charge in [0.05, 0.1) is 16.8 Å². The molecular formula is C6H9N2O4. The van der Waals surface area contributed by atoms with Gasteiger partial charge in [0, 0.05) is 0 Å². The van der Waals surface area contributed by atoms with Gasteiger partial charge in [-0.15, -0.1) is 6.58 Å². The molecule has 0 fully saturated rings. The van der Waals surface area contributed by atoms with Crippen molar-refractivity contribution in [3.05, 3.63) is 39.3 Å². The van der Waals surface area contributed by atoms with Crippen molar-refractivity contribution < 1.29 is 9.85 Å². The van der Waals surface area contributed by atoms with E-state index in [-0.39, 0.29) is 6.42 Å². The Labute approximate surface area is 69.2 Å². The summed E-state index contributed by atoms with van der Waals surface area (Å²) in [5.74, 6) is 0. The molecule has 1 radical (unpaired) electrons. The molecule has 0 aliphatic heterocycles. The second-order valence-corrected chi connectivity index (χ2v) is 2.34. The molecule has 0 unspecified atom stereocenters. The number of nitrogens with zero attached hydrogens (tertiary/aromatic N) is 2. The molecule has 0 aromatic heterocycles. The minimum absolute atomic E-state index is 0.137. The lowest BCUT2D eigenvalue weighted by molar-refractivity contribution is -0.781. The van der Waals surface area contributed by atoms with E-state index >= 15 is 0 Å². The zero-order chi connectivity index (χ0) is 9.78. The first-order valence-electron chi connectivity index (χ1n) is 3.19. The van der Waals surface area contributed by atoms with Crippen molar-refractivity contribution in [2.75, 3.05) is 0 Å². The van der Waals surface area contributed by atoms with Crippen molar-refractivity contribution in [2.24, 2.45) is 0 Å². The Balaban J connectivity index is 4.50. The monoisotopic (exact) mass is 173 g/mol. The molecule has 0 bridgehead atoms. The van der Waals surface area contributed by atoms with Gasteiger partial charge in [-0.25, -0.2) is 0 Å².